The number of hydrogen-bond donors (Lipinski definition) is 1. The van der Waals surface area contributed by atoms with Crippen molar-refractivity contribution in [1.82, 2.24) is 5.32 Å². The molecule has 1 aromatic rings. The van der Waals surface area contributed by atoms with Gasteiger partial charge in [-0.25, -0.2) is 0 Å². The molecular formula is C15H23NO. The zero-order valence-electron chi connectivity index (χ0n) is 10.9. The third-order valence-corrected chi connectivity index (χ3v) is 3.38. The van der Waals surface area contributed by atoms with Gasteiger partial charge >= 0.3 is 0 Å². The third-order valence-electron chi connectivity index (χ3n) is 3.38. The molecule has 2 rings (SSSR count). The van der Waals surface area contributed by atoms with Crippen LogP contribution < -0.4 is 10.1 Å². The van der Waals surface area contributed by atoms with Crippen molar-refractivity contribution in [2.45, 2.75) is 39.2 Å². The maximum Gasteiger partial charge on any atom is 0.124 e. The standard InChI is InChI=1S/C15H23NO/c1-3-16-12(2)14-6-4-5-7-15(14)17-11-10-13-8-9-13/h4-7,12-13,16H,3,8-11H2,1-2H3. The van der Waals surface area contributed by atoms with Gasteiger partial charge < -0.3 is 10.1 Å². The van der Waals surface area contributed by atoms with E-state index in [1.54, 1.807) is 0 Å². The average Bonchev–Trinajstić information content (AvgIpc) is 3.14. The van der Waals surface area contributed by atoms with E-state index in [0.717, 1.165) is 24.8 Å². The molecule has 0 radical (unpaired) electrons. The lowest BCUT2D eigenvalue weighted by atomic mass is 10.1. The number of para-hydroxylation sites is 1. The van der Waals surface area contributed by atoms with Crippen LogP contribution in [0, 0.1) is 5.92 Å². The molecule has 1 fully saturated rings. The van der Waals surface area contributed by atoms with Crippen LogP contribution in [0.5, 0.6) is 5.75 Å². The van der Waals surface area contributed by atoms with E-state index in [9.17, 15) is 0 Å². The lowest BCUT2D eigenvalue weighted by molar-refractivity contribution is 0.297. The molecule has 94 valence electrons. The summed E-state index contributed by atoms with van der Waals surface area (Å²) in [5.74, 6) is 1.98. The fraction of sp³-hybridized carbons (Fsp3) is 0.600. The monoisotopic (exact) mass is 233 g/mol. The maximum atomic E-state index is 5.92. The first-order valence-electron chi connectivity index (χ1n) is 6.76. The van der Waals surface area contributed by atoms with Gasteiger partial charge in [-0.3, -0.25) is 0 Å². The number of benzene rings is 1. The number of ether oxygens (including phenoxy) is 1. The normalized spacial score (nSPS) is 16.8. The second-order valence-corrected chi connectivity index (χ2v) is 4.90. The largest absolute Gasteiger partial charge is 0.493 e. The molecule has 0 spiro atoms. The maximum absolute atomic E-state index is 5.92. The van der Waals surface area contributed by atoms with Crippen molar-refractivity contribution >= 4 is 0 Å². The van der Waals surface area contributed by atoms with Gasteiger partial charge in [0, 0.05) is 11.6 Å². The van der Waals surface area contributed by atoms with Gasteiger partial charge in [0.25, 0.3) is 0 Å². The van der Waals surface area contributed by atoms with Crippen LogP contribution in [0.3, 0.4) is 0 Å². The van der Waals surface area contributed by atoms with E-state index in [1.165, 1.54) is 24.8 Å². The highest BCUT2D eigenvalue weighted by molar-refractivity contribution is 5.35. The van der Waals surface area contributed by atoms with E-state index in [-0.39, 0.29) is 0 Å². The Hall–Kier alpha value is -1.02. The molecule has 1 aromatic carbocycles. The van der Waals surface area contributed by atoms with Crippen LogP contribution in [0.25, 0.3) is 0 Å². The Bertz CT molecular complexity index is 347. The van der Waals surface area contributed by atoms with Gasteiger partial charge in [0.1, 0.15) is 5.75 Å². The number of rotatable bonds is 7. The van der Waals surface area contributed by atoms with Crippen molar-refractivity contribution in [2.24, 2.45) is 5.92 Å². The molecule has 1 saturated carbocycles. The van der Waals surface area contributed by atoms with Crippen LogP contribution >= 0.6 is 0 Å². The first kappa shape index (κ1) is 12.4. The van der Waals surface area contributed by atoms with Gasteiger partial charge in [-0.15, -0.1) is 0 Å². The predicted molar refractivity (Wildman–Crippen MR) is 71.4 cm³/mol. The first-order chi connectivity index (χ1) is 8.31. The zero-order valence-corrected chi connectivity index (χ0v) is 10.9. The van der Waals surface area contributed by atoms with Gasteiger partial charge in [-0.2, -0.15) is 0 Å². The molecule has 0 heterocycles. The molecule has 1 aliphatic carbocycles. The first-order valence-corrected chi connectivity index (χ1v) is 6.76. The van der Waals surface area contributed by atoms with Crippen molar-refractivity contribution in [2.75, 3.05) is 13.2 Å². The molecular weight excluding hydrogens is 210 g/mol. The minimum absolute atomic E-state index is 0.358. The fourth-order valence-corrected chi connectivity index (χ4v) is 2.13. The van der Waals surface area contributed by atoms with E-state index < -0.39 is 0 Å². The molecule has 1 aliphatic rings. The van der Waals surface area contributed by atoms with Crippen LogP contribution in [-0.2, 0) is 0 Å². The Kier molecular flexibility index (Phi) is 4.43. The molecule has 1 unspecified atom stereocenters. The highest BCUT2D eigenvalue weighted by Gasteiger charge is 2.21. The summed E-state index contributed by atoms with van der Waals surface area (Å²) in [6, 6.07) is 8.72. The van der Waals surface area contributed by atoms with E-state index in [1.807, 2.05) is 0 Å². The lowest BCUT2D eigenvalue weighted by Crippen LogP contribution is -2.18. The van der Waals surface area contributed by atoms with Crippen LogP contribution in [0.1, 0.15) is 44.7 Å². The third kappa shape index (κ3) is 3.74. The molecule has 0 amide bonds. The molecule has 17 heavy (non-hydrogen) atoms. The quantitative estimate of drug-likeness (QED) is 0.778. The van der Waals surface area contributed by atoms with Crippen LogP contribution in [-0.4, -0.2) is 13.2 Å². The smallest absolute Gasteiger partial charge is 0.124 e. The Labute approximate surface area is 104 Å². The van der Waals surface area contributed by atoms with E-state index >= 15 is 0 Å². The molecule has 1 atom stereocenters. The summed E-state index contributed by atoms with van der Waals surface area (Å²) < 4.78 is 5.92. The molecule has 0 bridgehead atoms. The summed E-state index contributed by atoms with van der Waals surface area (Å²) in [6.45, 7) is 6.16. The molecule has 0 aromatic heterocycles. The van der Waals surface area contributed by atoms with Crippen LogP contribution in [0.2, 0.25) is 0 Å². The molecule has 2 nitrogen and oxygen atoms in total. The number of hydrogen-bond acceptors (Lipinski definition) is 2. The van der Waals surface area contributed by atoms with Crippen molar-refractivity contribution < 1.29 is 4.74 Å². The molecule has 0 aliphatic heterocycles. The summed E-state index contributed by atoms with van der Waals surface area (Å²) >= 11 is 0. The van der Waals surface area contributed by atoms with Crippen molar-refractivity contribution in [1.29, 1.82) is 0 Å². The van der Waals surface area contributed by atoms with E-state index in [2.05, 4.69) is 43.4 Å². The van der Waals surface area contributed by atoms with Gasteiger partial charge in [-0.1, -0.05) is 38.0 Å². The molecule has 2 heteroatoms. The molecule has 1 N–H and O–H groups in total. The van der Waals surface area contributed by atoms with E-state index in [0.29, 0.717) is 6.04 Å². The fourth-order valence-electron chi connectivity index (χ4n) is 2.13. The summed E-state index contributed by atoms with van der Waals surface area (Å²) in [7, 11) is 0. The molecule has 0 saturated heterocycles. The van der Waals surface area contributed by atoms with E-state index in [4.69, 9.17) is 4.74 Å². The Morgan fingerprint density at radius 1 is 1.35 bits per heavy atom. The highest BCUT2D eigenvalue weighted by atomic mass is 16.5. The summed E-state index contributed by atoms with van der Waals surface area (Å²) in [4.78, 5) is 0. The van der Waals surface area contributed by atoms with Gasteiger partial charge in [0.15, 0.2) is 0 Å². The lowest BCUT2D eigenvalue weighted by Gasteiger charge is -2.17. The van der Waals surface area contributed by atoms with Crippen molar-refractivity contribution in [3.05, 3.63) is 29.8 Å². The van der Waals surface area contributed by atoms with Crippen LogP contribution in [0.4, 0.5) is 0 Å². The predicted octanol–water partition coefficient (Wildman–Crippen LogP) is 3.54. The summed E-state index contributed by atoms with van der Waals surface area (Å²) in [5.41, 5.74) is 1.27. The summed E-state index contributed by atoms with van der Waals surface area (Å²) in [5, 5.41) is 3.43. The Balaban J connectivity index is 1.93. The van der Waals surface area contributed by atoms with Crippen molar-refractivity contribution in [3.63, 3.8) is 0 Å². The Morgan fingerprint density at radius 3 is 2.82 bits per heavy atom. The summed E-state index contributed by atoms with van der Waals surface area (Å²) in [6.07, 6.45) is 4.02. The SMILES string of the molecule is CCNC(C)c1ccccc1OCCC1CC1. The van der Waals surface area contributed by atoms with Gasteiger partial charge in [0.05, 0.1) is 6.61 Å². The second kappa shape index (κ2) is 6.06. The highest BCUT2D eigenvalue weighted by Crippen LogP contribution is 2.33. The average molecular weight is 233 g/mol. The minimum atomic E-state index is 0.358. The van der Waals surface area contributed by atoms with Gasteiger partial charge in [0.2, 0.25) is 0 Å². The Morgan fingerprint density at radius 2 is 2.12 bits per heavy atom. The van der Waals surface area contributed by atoms with Crippen LogP contribution in [0.15, 0.2) is 24.3 Å². The van der Waals surface area contributed by atoms with Crippen molar-refractivity contribution in [3.8, 4) is 5.75 Å². The minimum Gasteiger partial charge on any atom is -0.493 e. The topological polar surface area (TPSA) is 21.3 Å². The van der Waals surface area contributed by atoms with Gasteiger partial charge in [-0.05, 0) is 31.9 Å². The zero-order chi connectivity index (χ0) is 12.1. The number of nitrogens with one attached hydrogen (secondary N) is 1. The second-order valence-electron chi connectivity index (χ2n) is 4.90.